The summed E-state index contributed by atoms with van der Waals surface area (Å²) in [4.78, 5) is 4.56. The molecule has 3 rings (SSSR count). The highest BCUT2D eigenvalue weighted by Gasteiger charge is 2.32. The summed E-state index contributed by atoms with van der Waals surface area (Å²) in [6.45, 7) is 3.15. The van der Waals surface area contributed by atoms with Gasteiger partial charge in [-0.3, -0.25) is 4.98 Å². The number of aliphatic hydroxyl groups is 1. The van der Waals surface area contributed by atoms with Gasteiger partial charge in [-0.15, -0.1) is 0 Å². The lowest BCUT2D eigenvalue weighted by atomic mass is 9.87. The van der Waals surface area contributed by atoms with Crippen LogP contribution in [0.2, 0.25) is 0 Å². The van der Waals surface area contributed by atoms with Crippen LogP contribution in [0.15, 0.2) is 30.3 Å². The summed E-state index contributed by atoms with van der Waals surface area (Å²) in [5.41, 5.74) is 3.25. The average molecular weight is 270 g/mol. The molecule has 0 unspecified atom stereocenters. The summed E-state index contributed by atoms with van der Waals surface area (Å²) in [5, 5.41) is 14.4. The van der Waals surface area contributed by atoms with Crippen molar-refractivity contribution in [3.8, 4) is 0 Å². The summed E-state index contributed by atoms with van der Waals surface area (Å²) in [6, 6.07) is 10.3. The Morgan fingerprint density at radius 1 is 1.25 bits per heavy atom. The van der Waals surface area contributed by atoms with Crippen LogP contribution >= 0.6 is 0 Å². The van der Waals surface area contributed by atoms with E-state index in [-0.39, 0.29) is 12.0 Å². The Hall–Kier alpha value is -1.61. The van der Waals surface area contributed by atoms with Crippen molar-refractivity contribution < 1.29 is 5.11 Å². The van der Waals surface area contributed by atoms with Gasteiger partial charge in [0.15, 0.2) is 0 Å². The zero-order valence-electron chi connectivity index (χ0n) is 12.0. The van der Waals surface area contributed by atoms with E-state index in [2.05, 4.69) is 22.4 Å². The molecule has 1 aliphatic carbocycles. The van der Waals surface area contributed by atoms with Crippen LogP contribution in [0.25, 0.3) is 10.9 Å². The molecule has 1 heterocycles. The molecule has 0 aliphatic heterocycles. The molecule has 2 aromatic rings. The molecule has 106 valence electrons. The third-order valence-electron chi connectivity index (χ3n) is 4.50. The monoisotopic (exact) mass is 270 g/mol. The number of nitrogens with zero attached hydrogens (tertiary/aromatic N) is 1. The van der Waals surface area contributed by atoms with E-state index >= 15 is 0 Å². The second-order valence-corrected chi connectivity index (χ2v) is 6.05. The fourth-order valence-corrected chi connectivity index (χ4v) is 3.25. The molecule has 1 aliphatic rings. The number of aryl methyl sites for hydroxylation is 1. The molecule has 0 spiro atoms. The molecule has 1 fully saturated rings. The number of rotatable bonds is 4. The fourth-order valence-electron chi connectivity index (χ4n) is 3.25. The van der Waals surface area contributed by atoms with Crippen LogP contribution in [0.5, 0.6) is 0 Å². The number of aliphatic hydroxyl groups excluding tert-OH is 1. The van der Waals surface area contributed by atoms with Crippen LogP contribution < -0.4 is 5.32 Å². The van der Waals surface area contributed by atoms with Crippen molar-refractivity contribution in [2.24, 2.45) is 5.41 Å². The van der Waals surface area contributed by atoms with Crippen LogP contribution in [0.4, 0.5) is 5.69 Å². The topological polar surface area (TPSA) is 45.1 Å². The zero-order chi connectivity index (χ0) is 14.0. The van der Waals surface area contributed by atoms with Gasteiger partial charge in [-0.25, -0.2) is 0 Å². The zero-order valence-corrected chi connectivity index (χ0v) is 12.0. The highest BCUT2D eigenvalue weighted by Crippen LogP contribution is 2.38. The number of hydrogen-bond acceptors (Lipinski definition) is 3. The molecule has 0 bridgehead atoms. The third kappa shape index (κ3) is 2.50. The van der Waals surface area contributed by atoms with Gasteiger partial charge in [0.1, 0.15) is 0 Å². The number of pyridine rings is 1. The standard InChI is InChI=1S/C17H22N2O/c1-13-10-16(14-6-2-3-7-15(14)19-13)18-11-17(12-20)8-4-5-9-17/h2-3,6-7,10,20H,4-5,8-9,11-12H2,1H3,(H,18,19). The first kappa shape index (κ1) is 13.4. The minimum absolute atomic E-state index is 0.0677. The number of nitrogens with one attached hydrogen (secondary N) is 1. The SMILES string of the molecule is Cc1cc(NCC2(CO)CCCC2)c2ccccc2n1. The Kier molecular flexibility index (Phi) is 3.62. The number of aromatic nitrogens is 1. The summed E-state index contributed by atoms with van der Waals surface area (Å²) in [5.74, 6) is 0. The first-order valence-electron chi connectivity index (χ1n) is 7.44. The summed E-state index contributed by atoms with van der Waals surface area (Å²) in [6.07, 6.45) is 4.72. The second-order valence-electron chi connectivity index (χ2n) is 6.05. The fraction of sp³-hybridized carbons (Fsp3) is 0.471. The molecule has 2 N–H and O–H groups in total. The predicted molar refractivity (Wildman–Crippen MR) is 83.0 cm³/mol. The smallest absolute Gasteiger partial charge is 0.0725 e. The van der Waals surface area contributed by atoms with Crippen molar-refractivity contribution >= 4 is 16.6 Å². The highest BCUT2D eigenvalue weighted by molar-refractivity contribution is 5.91. The Labute approximate surface area is 120 Å². The van der Waals surface area contributed by atoms with Crippen molar-refractivity contribution in [2.75, 3.05) is 18.5 Å². The van der Waals surface area contributed by atoms with E-state index in [1.807, 2.05) is 25.1 Å². The molecule has 0 atom stereocenters. The molecule has 1 aromatic heterocycles. The summed E-state index contributed by atoms with van der Waals surface area (Å²) < 4.78 is 0. The molecule has 3 nitrogen and oxygen atoms in total. The van der Waals surface area contributed by atoms with Gasteiger partial charge in [0, 0.05) is 28.7 Å². The van der Waals surface area contributed by atoms with E-state index < -0.39 is 0 Å². The average Bonchev–Trinajstić information content (AvgIpc) is 2.94. The van der Waals surface area contributed by atoms with E-state index in [1.54, 1.807) is 0 Å². The van der Waals surface area contributed by atoms with Gasteiger partial charge >= 0.3 is 0 Å². The quantitative estimate of drug-likeness (QED) is 0.893. The Balaban J connectivity index is 1.87. The minimum Gasteiger partial charge on any atom is -0.396 e. The summed E-state index contributed by atoms with van der Waals surface area (Å²) >= 11 is 0. The van der Waals surface area contributed by atoms with Crippen LogP contribution in [-0.4, -0.2) is 23.2 Å². The number of hydrogen-bond donors (Lipinski definition) is 2. The molecule has 20 heavy (non-hydrogen) atoms. The van der Waals surface area contributed by atoms with Crippen molar-refractivity contribution in [3.63, 3.8) is 0 Å². The van der Waals surface area contributed by atoms with Gasteiger partial charge in [0.05, 0.1) is 12.1 Å². The lowest BCUT2D eigenvalue weighted by molar-refractivity contribution is 0.142. The van der Waals surface area contributed by atoms with Crippen LogP contribution in [0, 0.1) is 12.3 Å². The third-order valence-corrected chi connectivity index (χ3v) is 4.50. The molecule has 1 saturated carbocycles. The molecule has 1 aromatic carbocycles. The first-order chi connectivity index (χ1) is 9.72. The largest absolute Gasteiger partial charge is 0.396 e. The molecular weight excluding hydrogens is 248 g/mol. The van der Waals surface area contributed by atoms with Gasteiger partial charge in [-0.05, 0) is 31.9 Å². The summed E-state index contributed by atoms with van der Waals surface area (Å²) in [7, 11) is 0. The van der Waals surface area contributed by atoms with Gasteiger partial charge in [-0.1, -0.05) is 31.0 Å². The Morgan fingerprint density at radius 3 is 2.75 bits per heavy atom. The Morgan fingerprint density at radius 2 is 2.00 bits per heavy atom. The van der Waals surface area contributed by atoms with E-state index in [0.717, 1.165) is 41.7 Å². The van der Waals surface area contributed by atoms with Crippen molar-refractivity contribution in [3.05, 3.63) is 36.0 Å². The van der Waals surface area contributed by atoms with Crippen LogP contribution in [0.3, 0.4) is 0 Å². The number of benzene rings is 1. The van der Waals surface area contributed by atoms with E-state index in [1.165, 1.54) is 12.8 Å². The van der Waals surface area contributed by atoms with Crippen molar-refractivity contribution in [2.45, 2.75) is 32.6 Å². The predicted octanol–water partition coefficient (Wildman–Crippen LogP) is 3.51. The lowest BCUT2D eigenvalue weighted by Gasteiger charge is -2.27. The highest BCUT2D eigenvalue weighted by atomic mass is 16.3. The number of fused-ring (bicyclic) bond motifs is 1. The molecule has 0 radical (unpaired) electrons. The first-order valence-corrected chi connectivity index (χ1v) is 7.44. The molecule has 0 amide bonds. The maximum Gasteiger partial charge on any atom is 0.0725 e. The maximum atomic E-state index is 9.71. The minimum atomic E-state index is 0.0677. The van der Waals surface area contributed by atoms with E-state index in [0.29, 0.717) is 0 Å². The molecule has 0 saturated heterocycles. The van der Waals surface area contributed by atoms with E-state index in [4.69, 9.17) is 0 Å². The van der Waals surface area contributed by atoms with Gasteiger partial charge in [0.25, 0.3) is 0 Å². The van der Waals surface area contributed by atoms with Crippen LogP contribution in [0.1, 0.15) is 31.4 Å². The molecular formula is C17H22N2O. The Bertz CT molecular complexity index is 603. The van der Waals surface area contributed by atoms with E-state index in [9.17, 15) is 5.11 Å². The van der Waals surface area contributed by atoms with Gasteiger partial charge < -0.3 is 10.4 Å². The normalized spacial score (nSPS) is 17.5. The van der Waals surface area contributed by atoms with Gasteiger partial charge in [-0.2, -0.15) is 0 Å². The van der Waals surface area contributed by atoms with Crippen molar-refractivity contribution in [1.29, 1.82) is 0 Å². The van der Waals surface area contributed by atoms with Crippen molar-refractivity contribution in [1.82, 2.24) is 4.98 Å². The number of anilines is 1. The maximum absolute atomic E-state index is 9.71. The second kappa shape index (κ2) is 5.41. The lowest BCUT2D eigenvalue weighted by Crippen LogP contribution is -2.30. The van der Waals surface area contributed by atoms with Crippen LogP contribution in [-0.2, 0) is 0 Å². The molecule has 3 heteroatoms. The van der Waals surface area contributed by atoms with Gasteiger partial charge in [0.2, 0.25) is 0 Å². The number of para-hydroxylation sites is 1.